The van der Waals surface area contributed by atoms with Gasteiger partial charge in [0.2, 0.25) is 5.91 Å². The molecule has 9 heteroatoms. The maximum atomic E-state index is 13.2. The van der Waals surface area contributed by atoms with E-state index in [1.54, 1.807) is 26.4 Å². The molecule has 0 aliphatic carbocycles. The normalized spacial score (nSPS) is 10.5. The number of ether oxygens (including phenoxy) is 2. The van der Waals surface area contributed by atoms with Crippen LogP contribution in [0.3, 0.4) is 0 Å². The predicted molar refractivity (Wildman–Crippen MR) is 122 cm³/mol. The highest BCUT2D eigenvalue weighted by Gasteiger charge is 2.16. The van der Waals surface area contributed by atoms with Crippen molar-refractivity contribution < 1.29 is 18.7 Å². The number of anilines is 1. The fourth-order valence-corrected chi connectivity index (χ4v) is 3.45. The minimum Gasteiger partial charge on any atom is -0.497 e. The molecule has 1 heterocycles. The van der Waals surface area contributed by atoms with Crippen molar-refractivity contribution in [1.82, 2.24) is 15.1 Å². The number of amides is 1. The minimum absolute atomic E-state index is 0.0864. The van der Waals surface area contributed by atoms with Gasteiger partial charge >= 0.3 is 0 Å². The molecule has 0 unspecified atom stereocenters. The van der Waals surface area contributed by atoms with Gasteiger partial charge in [0.15, 0.2) is 0 Å². The molecule has 0 atom stereocenters. The summed E-state index contributed by atoms with van der Waals surface area (Å²) in [6.45, 7) is 0.433. The number of halogens is 1. The van der Waals surface area contributed by atoms with Gasteiger partial charge in [0.1, 0.15) is 34.8 Å². The first-order valence-corrected chi connectivity index (χ1v) is 10.5. The number of hydrogen-bond acceptors (Lipinski definition) is 6. The Kier molecular flexibility index (Phi) is 7.86. The van der Waals surface area contributed by atoms with E-state index in [9.17, 15) is 14.4 Å². The van der Waals surface area contributed by atoms with Gasteiger partial charge in [-0.15, -0.1) is 0 Å². The van der Waals surface area contributed by atoms with E-state index in [4.69, 9.17) is 15.2 Å². The molecule has 8 nitrogen and oxygen atoms in total. The minimum atomic E-state index is -0.370. The lowest BCUT2D eigenvalue weighted by molar-refractivity contribution is -0.121. The maximum absolute atomic E-state index is 13.2. The Morgan fingerprint density at radius 3 is 2.61 bits per heavy atom. The number of nitrogen functional groups attached to an aromatic ring is 1. The molecular weight excluding hydrogens is 425 g/mol. The lowest BCUT2D eigenvalue weighted by Gasteiger charge is -2.10. The Balaban J connectivity index is 1.53. The van der Waals surface area contributed by atoms with Crippen LogP contribution in [-0.2, 0) is 17.6 Å². The van der Waals surface area contributed by atoms with E-state index in [1.165, 1.54) is 16.8 Å². The molecule has 0 saturated carbocycles. The van der Waals surface area contributed by atoms with Crippen molar-refractivity contribution in [2.75, 3.05) is 26.5 Å². The summed E-state index contributed by atoms with van der Waals surface area (Å²) in [5, 5.41) is 16.8. The topological polar surface area (TPSA) is 115 Å². The fraction of sp³-hybridized carbons (Fsp3) is 0.292. The van der Waals surface area contributed by atoms with Crippen molar-refractivity contribution in [1.29, 1.82) is 5.26 Å². The van der Waals surface area contributed by atoms with Gasteiger partial charge in [0, 0.05) is 13.0 Å². The van der Waals surface area contributed by atoms with Gasteiger partial charge in [0.25, 0.3) is 0 Å². The van der Waals surface area contributed by atoms with Gasteiger partial charge in [-0.2, -0.15) is 10.4 Å². The first-order valence-electron chi connectivity index (χ1n) is 10.5. The van der Waals surface area contributed by atoms with Crippen LogP contribution in [-0.4, -0.2) is 36.5 Å². The van der Waals surface area contributed by atoms with Crippen LogP contribution in [0.15, 0.2) is 42.5 Å². The number of aryl methyl sites for hydroxylation is 2. The zero-order chi connectivity index (χ0) is 23.8. The number of nitriles is 1. The van der Waals surface area contributed by atoms with Crippen molar-refractivity contribution in [2.24, 2.45) is 0 Å². The summed E-state index contributed by atoms with van der Waals surface area (Å²) in [7, 11) is 3.18. The molecule has 1 aromatic heterocycles. The lowest BCUT2D eigenvalue weighted by atomic mass is 10.1. The quantitative estimate of drug-likeness (QED) is 0.458. The van der Waals surface area contributed by atoms with E-state index in [0.29, 0.717) is 55.1 Å². The number of carbonyl (C=O) groups is 1. The van der Waals surface area contributed by atoms with Crippen molar-refractivity contribution in [3.05, 3.63) is 65.1 Å². The van der Waals surface area contributed by atoms with E-state index >= 15 is 0 Å². The second-order valence-electron chi connectivity index (χ2n) is 7.34. The Bertz CT molecular complexity index is 1150. The molecule has 0 aliphatic rings. The molecule has 0 bridgehead atoms. The van der Waals surface area contributed by atoms with Crippen molar-refractivity contribution in [2.45, 2.75) is 25.7 Å². The zero-order valence-corrected chi connectivity index (χ0v) is 18.6. The monoisotopic (exact) mass is 451 g/mol. The number of hydrogen-bond donors (Lipinski definition) is 2. The number of nitrogens with two attached hydrogens (primary N) is 1. The van der Waals surface area contributed by atoms with E-state index in [2.05, 4.69) is 16.5 Å². The summed E-state index contributed by atoms with van der Waals surface area (Å²) < 4.78 is 25.2. The van der Waals surface area contributed by atoms with E-state index < -0.39 is 0 Å². The van der Waals surface area contributed by atoms with E-state index in [0.717, 1.165) is 5.56 Å². The summed E-state index contributed by atoms with van der Waals surface area (Å²) in [6, 6.07) is 13.3. The highest BCUT2D eigenvalue weighted by Crippen LogP contribution is 2.25. The zero-order valence-electron chi connectivity index (χ0n) is 18.6. The first kappa shape index (κ1) is 23.6. The smallest absolute Gasteiger partial charge is 0.220 e. The van der Waals surface area contributed by atoms with Crippen LogP contribution in [0.1, 0.15) is 29.7 Å². The highest BCUT2D eigenvalue weighted by molar-refractivity contribution is 5.76. The van der Waals surface area contributed by atoms with Crippen molar-refractivity contribution >= 4 is 11.7 Å². The molecule has 2 aromatic carbocycles. The second-order valence-corrected chi connectivity index (χ2v) is 7.34. The van der Waals surface area contributed by atoms with E-state index in [1.807, 2.05) is 18.2 Å². The second kappa shape index (κ2) is 11.0. The van der Waals surface area contributed by atoms with Gasteiger partial charge in [-0.3, -0.25) is 4.79 Å². The molecule has 3 rings (SSSR count). The highest BCUT2D eigenvalue weighted by atomic mass is 19.1. The molecule has 1 amide bonds. The number of nitrogens with zero attached hydrogens (tertiary/aromatic N) is 3. The number of nitrogens with one attached hydrogen (secondary N) is 1. The summed E-state index contributed by atoms with van der Waals surface area (Å²) in [6.07, 6.45) is 1.87. The summed E-state index contributed by atoms with van der Waals surface area (Å²) in [5.41, 5.74) is 8.36. The number of carbonyl (C=O) groups excluding carboxylic acids is 1. The average Bonchev–Trinajstić information content (AvgIpc) is 3.15. The molecule has 0 saturated heterocycles. The van der Waals surface area contributed by atoms with Gasteiger partial charge < -0.3 is 20.5 Å². The summed E-state index contributed by atoms with van der Waals surface area (Å²) >= 11 is 0. The van der Waals surface area contributed by atoms with Crippen LogP contribution < -0.4 is 20.5 Å². The summed E-state index contributed by atoms with van der Waals surface area (Å²) in [4.78, 5) is 12.3. The Morgan fingerprint density at radius 2 is 1.94 bits per heavy atom. The Hall–Kier alpha value is -4.06. The molecule has 3 N–H and O–H groups in total. The molecule has 33 heavy (non-hydrogen) atoms. The predicted octanol–water partition coefficient (Wildman–Crippen LogP) is 3.16. The molecule has 3 aromatic rings. The molecule has 172 valence electrons. The fourth-order valence-electron chi connectivity index (χ4n) is 3.45. The lowest BCUT2D eigenvalue weighted by Crippen LogP contribution is -2.25. The van der Waals surface area contributed by atoms with E-state index in [-0.39, 0.29) is 23.1 Å². The van der Waals surface area contributed by atoms with Crippen LogP contribution in [0.2, 0.25) is 0 Å². The molecular formula is C24H26FN5O3. The number of aromatic nitrogens is 2. The number of benzene rings is 2. The molecule has 0 aliphatic heterocycles. The Labute approximate surface area is 191 Å². The molecule has 0 radical (unpaired) electrons. The average molecular weight is 452 g/mol. The third kappa shape index (κ3) is 5.80. The third-order valence-electron chi connectivity index (χ3n) is 5.20. The van der Waals surface area contributed by atoms with Crippen LogP contribution in [0.4, 0.5) is 10.2 Å². The van der Waals surface area contributed by atoms with Crippen molar-refractivity contribution in [3.8, 4) is 23.3 Å². The number of rotatable bonds is 10. The van der Waals surface area contributed by atoms with Gasteiger partial charge in [-0.1, -0.05) is 0 Å². The van der Waals surface area contributed by atoms with Gasteiger partial charge in [0.05, 0.1) is 25.6 Å². The van der Waals surface area contributed by atoms with Gasteiger partial charge in [-0.05, 0) is 67.3 Å². The number of methoxy groups -OCH3 is 2. The van der Waals surface area contributed by atoms with Gasteiger partial charge in [-0.25, -0.2) is 9.07 Å². The van der Waals surface area contributed by atoms with Crippen LogP contribution in [0.5, 0.6) is 11.5 Å². The Morgan fingerprint density at radius 1 is 1.18 bits per heavy atom. The van der Waals surface area contributed by atoms with Crippen LogP contribution in [0, 0.1) is 17.1 Å². The molecule has 0 fully saturated rings. The molecule has 0 spiro atoms. The third-order valence-corrected chi connectivity index (χ3v) is 5.20. The largest absolute Gasteiger partial charge is 0.497 e. The SMILES string of the molecule is COc1ccc(OC)c(CCC(=O)NCCCc2nn(-c3ccc(F)cc3)c(N)c2C#N)c1. The standard InChI is InChI=1S/C24H26FN5O3/c1-32-19-10-11-22(33-2)16(14-19)5-12-23(31)28-13-3-4-21-20(15-26)24(27)30(29-21)18-8-6-17(25)7-9-18/h6-11,14H,3-5,12-13,27H2,1-2H3,(H,28,31). The van der Waals surface area contributed by atoms with Crippen LogP contribution >= 0.6 is 0 Å². The first-order chi connectivity index (χ1) is 16.0. The van der Waals surface area contributed by atoms with Crippen LogP contribution in [0.25, 0.3) is 5.69 Å². The van der Waals surface area contributed by atoms with Crippen molar-refractivity contribution in [3.63, 3.8) is 0 Å². The summed E-state index contributed by atoms with van der Waals surface area (Å²) in [5.74, 6) is 1.17. The maximum Gasteiger partial charge on any atom is 0.220 e.